The van der Waals surface area contributed by atoms with Gasteiger partial charge >= 0.3 is 0 Å². The summed E-state index contributed by atoms with van der Waals surface area (Å²) in [6.07, 6.45) is 4.51. The van der Waals surface area contributed by atoms with Gasteiger partial charge in [0.2, 0.25) is 0 Å². The van der Waals surface area contributed by atoms with Crippen molar-refractivity contribution in [3.05, 3.63) is 23.3 Å². The Kier molecular flexibility index (Phi) is 2.63. The fourth-order valence-electron chi connectivity index (χ4n) is 2.23. The number of nitrogens with one attached hydrogen (secondary N) is 1. The molecule has 1 aromatic rings. The van der Waals surface area contributed by atoms with Gasteiger partial charge in [0.15, 0.2) is 0 Å². The van der Waals surface area contributed by atoms with E-state index < -0.39 is 0 Å². The fraction of sp³-hybridized carbons (Fsp3) is 0.636. The molecule has 1 aromatic heterocycles. The number of rotatable bonds is 1. The van der Waals surface area contributed by atoms with Crippen LogP contribution in [0.5, 0.6) is 0 Å². The molecule has 3 rings (SSSR count). The largest absolute Gasteiger partial charge is 0.307 e. The van der Waals surface area contributed by atoms with Crippen LogP contribution in [0.1, 0.15) is 35.8 Å². The van der Waals surface area contributed by atoms with Gasteiger partial charge in [-0.3, -0.25) is 0 Å². The summed E-state index contributed by atoms with van der Waals surface area (Å²) in [5.74, 6) is 4.22. The molecule has 0 atom stereocenters. The molecule has 2 aliphatic heterocycles. The van der Waals surface area contributed by atoms with Crippen molar-refractivity contribution in [3.8, 4) is 0 Å². The third-order valence-corrected chi connectivity index (χ3v) is 4.22. The Hall–Kier alpha value is -0.610. The second kappa shape index (κ2) is 4.10. The molecule has 0 radical (unpaired) electrons. The van der Waals surface area contributed by atoms with E-state index in [4.69, 9.17) is 4.98 Å². The standard InChI is InChI=1S/C11H15N3S/c1-3-15-4-2-8(1)11-13-6-9-5-12-7-10(9)14-11/h6,8,12H,1-5,7H2. The topological polar surface area (TPSA) is 37.8 Å². The van der Waals surface area contributed by atoms with Gasteiger partial charge in [0, 0.05) is 30.8 Å². The van der Waals surface area contributed by atoms with Crippen molar-refractivity contribution in [2.45, 2.75) is 31.8 Å². The van der Waals surface area contributed by atoms with E-state index in [0.717, 1.165) is 18.9 Å². The maximum Gasteiger partial charge on any atom is 0.131 e. The van der Waals surface area contributed by atoms with Crippen LogP contribution in [0.25, 0.3) is 0 Å². The number of nitrogens with zero attached hydrogens (tertiary/aromatic N) is 2. The minimum Gasteiger partial charge on any atom is -0.307 e. The molecule has 1 fully saturated rings. The van der Waals surface area contributed by atoms with E-state index in [1.54, 1.807) is 0 Å². The van der Waals surface area contributed by atoms with Crippen LogP contribution in [0.3, 0.4) is 0 Å². The van der Waals surface area contributed by atoms with Crippen LogP contribution in [0.4, 0.5) is 0 Å². The van der Waals surface area contributed by atoms with E-state index in [9.17, 15) is 0 Å². The Morgan fingerprint density at radius 1 is 1.27 bits per heavy atom. The molecule has 0 aromatic carbocycles. The molecule has 1 saturated heterocycles. The van der Waals surface area contributed by atoms with Crippen LogP contribution in [-0.4, -0.2) is 21.5 Å². The van der Waals surface area contributed by atoms with Crippen LogP contribution >= 0.6 is 11.8 Å². The predicted molar refractivity (Wildman–Crippen MR) is 61.9 cm³/mol. The summed E-state index contributed by atoms with van der Waals surface area (Å²) in [5.41, 5.74) is 2.50. The minimum atomic E-state index is 0.608. The van der Waals surface area contributed by atoms with Crippen molar-refractivity contribution >= 4 is 11.8 Å². The first-order valence-electron chi connectivity index (χ1n) is 5.56. The molecule has 0 unspecified atom stereocenters. The first-order valence-corrected chi connectivity index (χ1v) is 6.72. The molecule has 0 amide bonds. The van der Waals surface area contributed by atoms with Crippen molar-refractivity contribution in [2.75, 3.05) is 11.5 Å². The van der Waals surface area contributed by atoms with Gasteiger partial charge in [-0.25, -0.2) is 9.97 Å². The molecule has 2 aliphatic rings. The average Bonchev–Trinajstić information content (AvgIpc) is 2.77. The number of hydrogen-bond acceptors (Lipinski definition) is 4. The summed E-state index contributed by atoms with van der Waals surface area (Å²) in [4.78, 5) is 9.21. The van der Waals surface area contributed by atoms with Gasteiger partial charge in [-0.05, 0) is 24.3 Å². The predicted octanol–water partition coefficient (Wildman–Crippen LogP) is 1.69. The first kappa shape index (κ1) is 9.60. The number of hydrogen-bond donors (Lipinski definition) is 1. The molecule has 4 heteroatoms. The summed E-state index contributed by atoms with van der Waals surface area (Å²) in [6.45, 7) is 1.86. The number of fused-ring (bicyclic) bond motifs is 1. The molecule has 0 aliphatic carbocycles. The zero-order chi connectivity index (χ0) is 10.1. The lowest BCUT2D eigenvalue weighted by molar-refractivity contribution is 0.594. The van der Waals surface area contributed by atoms with Gasteiger partial charge in [0.05, 0.1) is 5.69 Å². The summed E-state index contributed by atoms with van der Waals surface area (Å²) >= 11 is 2.05. The van der Waals surface area contributed by atoms with Crippen LogP contribution in [0.15, 0.2) is 6.20 Å². The molecule has 1 N–H and O–H groups in total. The minimum absolute atomic E-state index is 0.608. The van der Waals surface area contributed by atoms with Crippen LogP contribution in [0, 0.1) is 0 Å². The Balaban J connectivity index is 1.85. The van der Waals surface area contributed by atoms with E-state index in [-0.39, 0.29) is 0 Å². The van der Waals surface area contributed by atoms with Gasteiger partial charge in [0.25, 0.3) is 0 Å². The second-order valence-corrected chi connectivity index (χ2v) is 5.42. The highest BCUT2D eigenvalue weighted by Gasteiger charge is 2.20. The van der Waals surface area contributed by atoms with Crippen molar-refractivity contribution in [1.29, 1.82) is 0 Å². The van der Waals surface area contributed by atoms with E-state index in [0.29, 0.717) is 5.92 Å². The van der Waals surface area contributed by atoms with Gasteiger partial charge in [0.1, 0.15) is 5.82 Å². The smallest absolute Gasteiger partial charge is 0.131 e. The quantitative estimate of drug-likeness (QED) is 0.783. The molecule has 3 nitrogen and oxygen atoms in total. The van der Waals surface area contributed by atoms with Crippen molar-refractivity contribution in [1.82, 2.24) is 15.3 Å². The molecule has 0 saturated carbocycles. The van der Waals surface area contributed by atoms with Gasteiger partial charge in [-0.1, -0.05) is 0 Å². The molecule has 0 bridgehead atoms. The van der Waals surface area contributed by atoms with Gasteiger partial charge in [-0.15, -0.1) is 0 Å². The number of aromatic nitrogens is 2. The lowest BCUT2D eigenvalue weighted by Crippen LogP contribution is -2.12. The van der Waals surface area contributed by atoms with Crippen LogP contribution in [-0.2, 0) is 13.1 Å². The van der Waals surface area contributed by atoms with Crippen LogP contribution < -0.4 is 5.32 Å². The van der Waals surface area contributed by atoms with Crippen molar-refractivity contribution in [2.24, 2.45) is 0 Å². The Morgan fingerprint density at radius 2 is 2.13 bits per heavy atom. The zero-order valence-corrected chi connectivity index (χ0v) is 9.52. The Labute approximate surface area is 94.1 Å². The van der Waals surface area contributed by atoms with Gasteiger partial charge < -0.3 is 5.32 Å². The fourth-order valence-corrected chi connectivity index (χ4v) is 3.33. The third-order valence-electron chi connectivity index (χ3n) is 3.17. The molecular weight excluding hydrogens is 206 g/mol. The molecular formula is C11H15N3S. The number of thioether (sulfide) groups is 1. The zero-order valence-electron chi connectivity index (χ0n) is 8.70. The molecule has 80 valence electrons. The summed E-state index contributed by atoms with van der Waals surface area (Å²) in [7, 11) is 0. The second-order valence-electron chi connectivity index (χ2n) is 4.19. The summed E-state index contributed by atoms with van der Waals surface area (Å²) in [6, 6.07) is 0. The van der Waals surface area contributed by atoms with Gasteiger partial charge in [-0.2, -0.15) is 11.8 Å². The van der Waals surface area contributed by atoms with E-state index in [1.165, 1.54) is 35.6 Å². The van der Waals surface area contributed by atoms with E-state index >= 15 is 0 Å². The van der Waals surface area contributed by atoms with E-state index in [2.05, 4.69) is 22.1 Å². The van der Waals surface area contributed by atoms with Crippen molar-refractivity contribution in [3.63, 3.8) is 0 Å². The summed E-state index contributed by atoms with van der Waals surface area (Å²) in [5, 5.41) is 3.31. The normalized spacial score (nSPS) is 21.6. The maximum absolute atomic E-state index is 4.69. The van der Waals surface area contributed by atoms with Crippen molar-refractivity contribution < 1.29 is 0 Å². The van der Waals surface area contributed by atoms with E-state index in [1.807, 2.05) is 6.20 Å². The SMILES string of the molecule is c1nc(C2CCSCC2)nc2c1CNC2. The lowest BCUT2D eigenvalue weighted by Gasteiger charge is -2.20. The monoisotopic (exact) mass is 221 g/mol. The molecule has 0 spiro atoms. The Bertz CT molecular complexity index is 361. The Morgan fingerprint density at radius 3 is 3.00 bits per heavy atom. The molecule has 15 heavy (non-hydrogen) atoms. The average molecular weight is 221 g/mol. The third kappa shape index (κ3) is 1.88. The van der Waals surface area contributed by atoms with Crippen LogP contribution in [0.2, 0.25) is 0 Å². The molecule has 3 heterocycles. The highest BCUT2D eigenvalue weighted by Crippen LogP contribution is 2.29. The maximum atomic E-state index is 4.69. The lowest BCUT2D eigenvalue weighted by atomic mass is 10.0. The first-order chi connectivity index (χ1) is 7.43. The highest BCUT2D eigenvalue weighted by molar-refractivity contribution is 7.99. The summed E-state index contributed by atoms with van der Waals surface area (Å²) < 4.78 is 0. The highest BCUT2D eigenvalue weighted by atomic mass is 32.2.